The van der Waals surface area contributed by atoms with Gasteiger partial charge in [0.15, 0.2) is 0 Å². The second-order valence-electron chi connectivity index (χ2n) is 5.92. The standard InChI is InChI=1S/C19H24ClNO2.ClH/c1-13-7-8-19(14(2)9-13)23-12-18(22)11-21-15(3)16-5-4-6-17(20)10-16;/h4-10,15,18,21-22H,11-12H2,1-3H3;1H. The van der Waals surface area contributed by atoms with Crippen LogP contribution >= 0.6 is 24.0 Å². The fourth-order valence-corrected chi connectivity index (χ4v) is 2.61. The van der Waals surface area contributed by atoms with Crippen molar-refractivity contribution in [3.8, 4) is 5.75 Å². The Morgan fingerprint density at radius 3 is 2.58 bits per heavy atom. The Labute approximate surface area is 155 Å². The van der Waals surface area contributed by atoms with Crippen LogP contribution in [-0.4, -0.2) is 24.4 Å². The summed E-state index contributed by atoms with van der Waals surface area (Å²) in [7, 11) is 0. The highest BCUT2D eigenvalue weighted by Crippen LogP contribution is 2.19. The van der Waals surface area contributed by atoms with Crippen molar-refractivity contribution < 1.29 is 9.84 Å². The highest BCUT2D eigenvalue weighted by Gasteiger charge is 2.10. The second kappa shape index (κ2) is 9.90. The minimum Gasteiger partial charge on any atom is -0.491 e. The Morgan fingerprint density at radius 2 is 1.92 bits per heavy atom. The molecule has 3 nitrogen and oxygen atoms in total. The molecule has 0 radical (unpaired) electrons. The van der Waals surface area contributed by atoms with Gasteiger partial charge in [-0.05, 0) is 50.1 Å². The van der Waals surface area contributed by atoms with Crippen LogP contribution in [0, 0.1) is 13.8 Å². The zero-order valence-corrected chi connectivity index (χ0v) is 15.8. The molecule has 0 saturated carbocycles. The molecule has 0 bridgehead atoms. The molecule has 0 fully saturated rings. The molecule has 2 unspecified atom stereocenters. The molecular weight excluding hydrogens is 345 g/mol. The molecule has 0 heterocycles. The van der Waals surface area contributed by atoms with E-state index in [4.69, 9.17) is 16.3 Å². The zero-order valence-electron chi connectivity index (χ0n) is 14.3. The molecule has 2 aromatic carbocycles. The molecule has 5 heteroatoms. The van der Waals surface area contributed by atoms with Crippen LogP contribution in [0.3, 0.4) is 0 Å². The van der Waals surface area contributed by atoms with Gasteiger partial charge in [0.05, 0.1) is 0 Å². The smallest absolute Gasteiger partial charge is 0.122 e. The molecule has 2 rings (SSSR count). The van der Waals surface area contributed by atoms with Crippen LogP contribution in [0.1, 0.15) is 29.7 Å². The lowest BCUT2D eigenvalue weighted by Crippen LogP contribution is -2.33. The van der Waals surface area contributed by atoms with Crippen LogP contribution in [0.25, 0.3) is 0 Å². The molecule has 2 N–H and O–H groups in total. The van der Waals surface area contributed by atoms with Gasteiger partial charge in [-0.25, -0.2) is 0 Å². The van der Waals surface area contributed by atoms with Gasteiger partial charge in [0.1, 0.15) is 18.5 Å². The van der Waals surface area contributed by atoms with Gasteiger partial charge in [0, 0.05) is 17.6 Å². The molecule has 2 atom stereocenters. The highest BCUT2D eigenvalue weighted by atomic mass is 35.5. The number of rotatable bonds is 7. The van der Waals surface area contributed by atoms with E-state index in [2.05, 4.69) is 11.4 Å². The van der Waals surface area contributed by atoms with Gasteiger partial charge in [0.25, 0.3) is 0 Å². The summed E-state index contributed by atoms with van der Waals surface area (Å²) in [5, 5.41) is 14.1. The van der Waals surface area contributed by atoms with Crippen molar-refractivity contribution in [1.29, 1.82) is 0 Å². The van der Waals surface area contributed by atoms with Gasteiger partial charge >= 0.3 is 0 Å². The summed E-state index contributed by atoms with van der Waals surface area (Å²) in [4.78, 5) is 0. The van der Waals surface area contributed by atoms with Crippen molar-refractivity contribution in [2.45, 2.75) is 32.9 Å². The maximum Gasteiger partial charge on any atom is 0.122 e. The lowest BCUT2D eigenvalue weighted by Gasteiger charge is -2.18. The quantitative estimate of drug-likeness (QED) is 0.756. The minimum atomic E-state index is -0.572. The summed E-state index contributed by atoms with van der Waals surface area (Å²) >= 11 is 6.00. The van der Waals surface area contributed by atoms with Crippen LogP contribution in [-0.2, 0) is 0 Å². The molecular formula is C19H25Cl2NO2. The highest BCUT2D eigenvalue weighted by molar-refractivity contribution is 6.30. The number of hydrogen-bond acceptors (Lipinski definition) is 3. The van der Waals surface area contributed by atoms with E-state index in [0.29, 0.717) is 6.54 Å². The van der Waals surface area contributed by atoms with Crippen molar-refractivity contribution in [1.82, 2.24) is 5.32 Å². The summed E-state index contributed by atoms with van der Waals surface area (Å²) in [5.41, 5.74) is 3.38. The monoisotopic (exact) mass is 369 g/mol. The van der Waals surface area contributed by atoms with Crippen LogP contribution in [0.5, 0.6) is 5.75 Å². The minimum absolute atomic E-state index is 0. The Kier molecular flexibility index (Phi) is 8.57. The first kappa shape index (κ1) is 20.8. The molecule has 0 aliphatic carbocycles. The van der Waals surface area contributed by atoms with E-state index in [-0.39, 0.29) is 25.1 Å². The normalized spacial score (nSPS) is 13.0. The Hall–Kier alpha value is -1.26. The number of aryl methyl sites for hydroxylation is 2. The third-order valence-corrected chi connectivity index (χ3v) is 4.01. The number of nitrogens with one attached hydrogen (secondary N) is 1. The maximum absolute atomic E-state index is 10.1. The molecule has 132 valence electrons. The Bertz CT molecular complexity index is 649. The van der Waals surface area contributed by atoms with E-state index in [1.54, 1.807) is 0 Å². The number of ether oxygens (including phenoxy) is 1. The van der Waals surface area contributed by atoms with Crippen LogP contribution in [0.4, 0.5) is 0 Å². The predicted octanol–water partition coefficient (Wildman–Crippen LogP) is 4.47. The summed E-state index contributed by atoms with van der Waals surface area (Å²) < 4.78 is 5.70. The van der Waals surface area contributed by atoms with Crippen LogP contribution in [0.15, 0.2) is 42.5 Å². The van der Waals surface area contributed by atoms with Gasteiger partial charge in [-0.2, -0.15) is 0 Å². The van der Waals surface area contributed by atoms with Crippen molar-refractivity contribution in [3.05, 3.63) is 64.2 Å². The molecule has 0 aromatic heterocycles. The molecule has 0 aliphatic heterocycles. The van der Waals surface area contributed by atoms with Gasteiger partial charge < -0.3 is 15.2 Å². The number of hydrogen-bond donors (Lipinski definition) is 2. The van der Waals surface area contributed by atoms with Gasteiger partial charge in [0.2, 0.25) is 0 Å². The van der Waals surface area contributed by atoms with E-state index in [1.165, 1.54) is 5.56 Å². The fraction of sp³-hybridized carbons (Fsp3) is 0.368. The molecule has 0 saturated heterocycles. The molecule has 0 spiro atoms. The predicted molar refractivity (Wildman–Crippen MR) is 103 cm³/mol. The van der Waals surface area contributed by atoms with E-state index in [0.717, 1.165) is 21.9 Å². The number of halogens is 2. The lowest BCUT2D eigenvalue weighted by molar-refractivity contribution is 0.104. The second-order valence-corrected chi connectivity index (χ2v) is 6.36. The van der Waals surface area contributed by atoms with Crippen molar-refractivity contribution in [2.75, 3.05) is 13.2 Å². The van der Waals surface area contributed by atoms with Gasteiger partial charge in [-0.15, -0.1) is 12.4 Å². The van der Waals surface area contributed by atoms with Crippen LogP contribution < -0.4 is 10.1 Å². The average molecular weight is 370 g/mol. The summed E-state index contributed by atoms with van der Waals surface area (Å²) in [6.45, 7) is 6.82. The van der Waals surface area contributed by atoms with Crippen molar-refractivity contribution >= 4 is 24.0 Å². The summed E-state index contributed by atoms with van der Waals surface area (Å²) in [6, 6.07) is 13.9. The van der Waals surface area contributed by atoms with Crippen molar-refractivity contribution in [3.63, 3.8) is 0 Å². The summed E-state index contributed by atoms with van der Waals surface area (Å²) in [5.74, 6) is 0.817. The number of benzene rings is 2. The fourth-order valence-electron chi connectivity index (χ4n) is 2.41. The largest absolute Gasteiger partial charge is 0.491 e. The lowest BCUT2D eigenvalue weighted by atomic mass is 10.1. The van der Waals surface area contributed by atoms with E-state index in [9.17, 15) is 5.11 Å². The first-order chi connectivity index (χ1) is 11.0. The van der Waals surface area contributed by atoms with E-state index >= 15 is 0 Å². The maximum atomic E-state index is 10.1. The SMILES string of the molecule is Cc1ccc(OCC(O)CNC(C)c2cccc(Cl)c2)c(C)c1.Cl. The Balaban J connectivity index is 0.00000288. The molecule has 2 aromatic rings. The first-order valence-corrected chi connectivity index (χ1v) is 8.20. The van der Waals surface area contributed by atoms with E-state index < -0.39 is 6.10 Å². The Morgan fingerprint density at radius 1 is 1.17 bits per heavy atom. The third-order valence-electron chi connectivity index (χ3n) is 3.77. The molecule has 0 aliphatic rings. The number of aliphatic hydroxyl groups excluding tert-OH is 1. The average Bonchev–Trinajstić information content (AvgIpc) is 2.51. The van der Waals surface area contributed by atoms with Gasteiger partial charge in [-0.3, -0.25) is 0 Å². The molecule has 24 heavy (non-hydrogen) atoms. The zero-order chi connectivity index (χ0) is 16.8. The van der Waals surface area contributed by atoms with E-state index in [1.807, 2.05) is 57.2 Å². The van der Waals surface area contributed by atoms with Gasteiger partial charge in [-0.1, -0.05) is 41.4 Å². The topological polar surface area (TPSA) is 41.5 Å². The van der Waals surface area contributed by atoms with Crippen molar-refractivity contribution in [2.24, 2.45) is 0 Å². The first-order valence-electron chi connectivity index (χ1n) is 7.82. The van der Waals surface area contributed by atoms with Crippen LogP contribution in [0.2, 0.25) is 5.02 Å². The molecule has 0 amide bonds. The summed E-state index contributed by atoms with van der Waals surface area (Å²) in [6.07, 6.45) is -0.572. The number of aliphatic hydroxyl groups is 1. The third kappa shape index (κ3) is 6.33.